The van der Waals surface area contributed by atoms with Gasteiger partial charge in [-0.2, -0.15) is 0 Å². The largest absolute Gasteiger partial charge is 0.472 e. The maximum Gasteiger partial charge on any atom is 0.472 e. The van der Waals surface area contributed by atoms with Crippen LogP contribution in [0, 0.1) is 0 Å². The van der Waals surface area contributed by atoms with Crippen LogP contribution in [0.2, 0.25) is 0 Å². The van der Waals surface area contributed by atoms with Gasteiger partial charge >= 0.3 is 13.8 Å². The number of phosphoric acid groups is 1. The molecule has 1 amide bonds. The maximum atomic E-state index is 13.6. The molecule has 0 aromatic rings. The van der Waals surface area contributed by atoms with E-state index < -0.39 is 20.0 Å². The molecule has 3 atom stereocenters. The predicted octanol–water partition coefficient (Wildman–Crippen LogP) is 22.6. The third-order valence-corrected chi connectivity index (χ3v) is 16.9. The quantitative estimate of drug-likeness (QED) is 0.0205. The molecular formula is C73H138N2O7P+. The summed E-state index contributed by atoms with van der Waals surface area (Å²) in [5.74, 6) is -0.517. The number of esters is 1. The van der Waals surface area contributed by atoms with Crippen molar-refractivity contribution in [1.82, 2.24) is 5.32 Å². The predicted molar refractivity (Wildman–Crippen MR) is 360 cm³/mol. The van der Waals surface area contributed by atoms with E-state index in [4.69, 9.17) is 13.8 Å². The number of rotatable bonds is 65. The number of carbonyl (C=O) groups is 2. The van der Waals surface area contributed by atoms with Gasteiger partial charge in [0.05, 0.1) is 33.8 Å². The molecule has 9 nitrogen and oxygen atoms in total. The molecule has 0 aromatic heterocycles. The van der Waals surface area contributed by atoms with Crippen molar-refractivity contribution in [2.45, 2.75) is 354 Å². The molecule has 0 saturated carbocycles. The summed E-state index contributed by atoms with van der Waals surface area (Å²) in [7, 11) is 1.49. The van der Waals surface area contributed by atoms with Crippen molar-refractivity contribution < 1.29 is 37.3 Å². The van der Waals surface area contributed by atoms with E-state index in [1.54, 1.807) is 0 Å². The SMILES string of the molecule is CCCCC/C=C\C/C=C\C/C=C\CCCCCCC(=O)NC(COP(=O)(O)OCC[N+](C)(C)C)C(/C=C\CCCCCCCCCCCCC)OC(=O)CCCCCCCCCCCCCCCCCCC/C=C/CCCCCCCC. The Hall–Kier alpha value is -2.29. The Morgan fingerprint density at radius 3 is 1.13 bits per heavy atom. The highest BCUT2D eigenvalue weighted by molar-refractivity contribution is 7.47. The molecule has 0 fully saturated rings. The normalized spacial score (nSPS) is 13.9. The van der Waals surface area contributed by atoms with Crippen LogP contribution in [-0.4, -0.2) is 74.3 Å². The number of quaternary nitrogens is 1. The van der Waals surface area contributed by atoms with Gasteiger partial charge < -0.3 is 19.4 Å². The van der Waals surface area contributed by atoms with Gasteiger partial charge in [-0.3, -0.25) is 18.6 Å². The molecule has 0 heterocycles. The molecule has 3 unspecified atom stereocenters. The average molecular weight is 1190 g/mol. The van der Waals surface area contributed by atoms with Gasteiger partial charge in [0.1, 0.15) is 19.3 Å². The lowest BCUT2D eigenvalue weighted by Gasteiger charge is -2.27. The zero-order chi connectivity index (χ0) is 60.7. The molecule has 10 heteroatoms. The van der Waals surface area contributed by atoms with Crippen LogP contribution in [0.5, 0.6) is 0 Å². The van der Waals surface area contributed by atoms with Gasteiger partial charge in [0.25, 0.3) is 0 Å². The Labute approximate surface area is 515 Å². The first-order chi connectivity index (χ1) is 40.4. The lowest BCUT2D eigenvalue weighted by molar-refractivity contribution is -0.870. The number of ether oxygens (including phenoxy) is 1. The Morgan fingerprint density at radius 2 is 0.735 bits per heavy atom. The average Bonchev–Trinajstić information content (AvgIpc) is 3.46. The summed E-state index contributed by atoms with van der Waals surface area (Å²) in [6.07, 6.45) is 81.0. The molecule has 0 aliphatic rings. The Bertz CT molecular complexity index is 1600. The van der Waals surface area contributed by atoms with Crippen LogP contribution in [0.3, 0.4) is 0 Å². The third-order valence-electron chi connectivity index (χ3n) is 15.9. The summed E-state index contributed by atoms with van der Waals surface area (Å²) in [6.45, 7) is 7.00. The molecule has 0 rings (SSSR count). The van der Waals surface area contributed by atoms with Gasteiger partial charge in [0.2, 0.25) is 5.91 Å². The monoisotopic (exact) mass is 1190 g/mol. The number of nitrogens with zero attached hydrogens (tertiary/aromatic N) is 1. The fraction of sp³-hybridized carbons (Fsp3) is 0.836. The van der Waals surface area contributed by atoms with Crippen LogP contribution >= 0.6 is 7.82 Å². The summed E-state index contributed by atoms with van der Waals surface area (Å²) in [5.41, 5.74) is 0. The number of carbonyl (C=O) groups excluding carboxylic acids is 2. The van der Waals surface area contributed by atoms with Crippen molar-refractivity contribution >= 4 is 19.7 Å². The lowest BCUT2D eigenvalue weighted by Crippen LogP contribution is -2.47. The van der Waals surface area contributed by atoms with Gasteiger partial charge in [0, 0.05) is 12.8 Å². The highest BCUT2D eigenvalue weighted by Gasteiger charge is 2.30. The number of hydrogen-bond acceptors (Lipinski definition) is 6. The standard InChI is InChI=1S/C73H137N2O7P/c1-7-10-13-16-19-22-25-28-30-32-33-34-35-36-37-38-39-40-41-43-45-48-51-54-57-60-63-66-73(77)82-71(64-61-58-55-52-49-46-27-24-21-18-15-12-9-3)70(69-81-83(78,79)80-68-67-75(4,5)6)74-72(76)65-62-59-56-53-50-47-44-42-31-29-26-23-20-17-14-11-8-2/h20,23,28-31,44,47,61,64,70-71H,7-19,21-22,24-27,32-43,45-46,48-60,62-63,65-69H2,1-6H3,(H-,74,76,78,79)/p+1/b23-20-,30-28+,31-29-,47-44-,64-61-. The van der Waals surface area contributed by atoms with E-state index in [0.717, 1.165) is 83.5 Å². The fourth-order valence-corrected chi connectivity index (χ4v) is 11.2. The van der Waals surface area contributed by atoms with Crippen molar-refractivity contribution in [2.24, 2.45) is 0 Å². The highest BCUT2D eigenvalue weighted by atomic mass is 31.2. The van der Waals surface area contributed by atoms with E-state index in [0.29, 0.717) is 17.4 Å². The second kappa shape index (κ2) is 62.8. The fourth-order valence-electron chi connectivity index (χ4n) is 10.4. The van der Waals surface area contributed by atoms with Gasteiger partial charge in [-0.15, -0.1) is 0 Å². The molecular weight excluding hydrogens is 1050 g/mol. The van der Waals surface area contributed by atoms with Crippen molar-refractivity contribution in [3.8, 4) is 0 Å². The van der Waals surface area contributed by atoms with Crippen molar-refractivity contribution in [2.75, 3.05) is 40.9 Å². The van der Waals surface area contributed by atoms with E-state index in [-0.39, 0.29) is 31.5 Å². The van der Waals surface area contributed by atoms with Gasteiger partial charge in [-0.05, 0) is 96.0 Å². The minimum atomic E-state index is -4.46. The van der Waals surface area contributed by atoms with E-state index in [9.17, 15) is 19.0 Å². The van der Waals surface area contributed by atoms with E-state index in [1.807, 2.05) is 33.3 Å². The smallest absolute Gasteiger partial charge is 0.456 e. The molecule has 83 heavy (non-hydrogen) atoms. The zero-order valence-electron chi connectivity index (χ0n) is 55.7. The summed E-state index contributed by atoms with van der Waals surface area (Å²) in [6, 6.07) is -0.861. The number of hydrogen-bond donors (Lipinski definition) is 2. The molecule has 0 radical (unpaired) electrons. The number of amides is 1. The highest BCUT2D eigenvalue weighted by Crippen LogP contribution is 2.43. The summed E-state index contributed by atoms with van der Waals surface area (Å²) in [5, 5.41) is 3.06. The zero-order valence-corrected chi connectivity index (χ0v) is 56.6. The minimum absolute atomic E-state index is 0.0357. The lowest BCUT2D eigenvalue weighted by atomic mass is 10.0. The number of unbranched alkanes of at least 4 members (excludes halogenated alkanes) is 41. The summed E-state index contributed by atoms with van der Waals surface area (Å²) >= 11 is 0. The van der Waals surface area contributed by atoms with Crippen LogP contribution in [0.25, 0.3) is 0 Å². The molecule has 0 bridgehead atoms. The summed E-state index contributed by atoms with van der Waals surface area (Å²) < 4.78 is 30.8. The Kier molecular flexibility index (Phi) is 61.0. The maximum absolute atomic E-state index is 13.6. The topological polar surface area (TPSA) is 111 Å². The Morgan fingerprint density at radius 1 is 0.422 bits per heavy atom. The first-order valence-corrected chi connectivity index (χ1v) is 37.1. The molecule has 2 N–H and O–H groups in total. The van der Waals surface area contributed by atoms with Gasteiger partial charge in [-0.1, -0.05) is 294 Å². The van der Waals surface area contributed by atoms with Crippen LogP contribution in [0.15, 0.2) is 60.8 Å². The second-order valence-electron chi connectivity index (χ2n) is 25.4. The number of likely N-dealkylation sites (N-methyl/N-ethyl adjacent to an activating group) is 1. The minimum Gasteiger partial charge on any atom is -0.456 e. The molecule has 0 saturated heterocycles. The van der Waals surface area contributed by atoms with Crippen LogP contribution < -0.4 is 5.32 Å². The van der Waals surface area contributed by atoms with Crippen molar-refractivity contribution in [3.63, 3.8) is 0 Å². The van der Waals surface area contributed by atoms with E-state index >= 15 is 0 Å². The van der Waals surface area contributed by atoms with Crippen LogP contribution in [0.4, 0.5) is 0 Å². The number of phosphoric ester groups is 1. The van der Waals surface area contributed by atoms with Gasteiger partial charge in [0.15, 0.2) is 0 Å². The first-order valence-electron chi connectivity index (χ1n) is 35.6. The van der Waals surface area contributed by atoms with Crippen LogP contribution in [0.1, 0.15) is 342 Å². The first kappa shape index (κ1) is 80.7. The molecule has 0 aliphatic carbocycles. The molecule has 0 aliphatic heterocycles. The van der Waals surface area contributed by atoms with E-state index in [2.05, 4.69) is 74.7 Å². The number of nitrogens with one attached hydrogen (secondary N) is 1. The molecule has 0 spiro atoms. The number of allylic oxidation sites excluding steroid dienone is 9. The third kappa shape index (κ3) is 64.0. The van der Waals surface area contributed by atoms with Gasteiger partial charge in [-0.25, -0.2) is 4.57 Å². The second-order valence-corrected chi connectivity index (χ2v) is 26.9. The Balaban J connectivity index is 5.05. The molecule has 0 aromatic carbocycles. The van der Waals surface area contributed by atoms with Crippen molar-refractivity contribution in [3.05, 3.63) is 60.8 Å². The van der Waals surface area contributed by atoms with E-state index in [1.165, 1.54) is 225 Å². The summed E-state index contributed by atoms with van der Waals surface area (Å²) in [4.78, 5) is 37.9. The van der Waals surface area contributed by atoms with Crippen LogP contribution in [-0.2, 0) is 27.9 Å². The molecule has 486 valence electrons. The van der Waals surface area contributed by atoms with Crippen molar-refractivity contribution in [1.29, 1.82) is 0 Å².